The minimum Gasteiger partial charge on any atom is -0.476 e. The number of imide groups is 1. The van der Waals surface area contributed by atoms with Crippen molar-refractivity contribution in [1.82, 2.24) is 15.2 Å². The molecule has 12 heteroatoms. The van der Waals surface area contributed by atoms with Gasteiger partial charge in [0.2, 0.25) is 12.7 Å². The Morgan fingerprint density at radius 2 is 2.06 bits per heavy atom. The van der Waals surface area contributed by atoms with Gasteiger partial charge in [0.05, 0.1) is 0 Å². The van der Waals surface area contributed by atoms with Crippen molar-refractivity contribution < 1.29 is 33.8 Å². The first-order chi connectivity index (χ1) is 15.4. The Morgan fingerprint density at radius 1 is 1.28 bits per heavy atom. The molecule has 4 amide bonds. The first-order valence-corrected chi connectivity index (χ1v) is 10.8. The summed E-state index contributed by atoms with van der Waals surface area (Å²) in [5, 5.41) is 15.6. The highest BCUT2D eigenvalue weighted by Crippen LogP contribution is 2.38. The number of carboxylic acid groups (broad SMARTS) is 1. The molecule has 3 N–H and O–H groups in total. The van der Waals surface area contributed by atoms with Gasteiger partial charge in [-0.3, -0.25) is 9.59 Å². The lowest BCUT2D eigenvalue weighted by Gasteiger charge is -2.24. The molecular weight excluding hydrogens is 440 g/mol. The number of thiazole rings is 1. The normalized spacial score (nSPS) is 20.2. The number of carboxylic acids is 1. The minimum absolute atomic E-state index is 0.0832. The van der Waals surface area contributed by atoms with Gasteiger partial charge in [-0.1, -0.05) is 18.9 Å². The minimum atomic E-state index is -1.21. The van der Waals surface area contributed by atoms with Crippen LogP contribution in [0.3, 0.4) is 0 Å². The van der Waals surface area contributed by atoms with Gasteiger partial charge in [0.25, 0.3) is 5.91 Å². The molecule has 32 heavy (non-hydrogen) atoms. The van der Waals surface area contributed by atoms with Gasteiger partial charge in [0, 0.05) is 5.38 Å². The second kappa shape index (κ2) is 7.79. The third kappa shape index (κ3) is 3.73. The Morgan fingerprint density at radius 3 is 2.78 bits per heavy atom. The van der Waals surface area contributed by atoms with Crippen molar-refractivity contribution in [2.75, 3.05) is 12.1 Å². The zero-order valence-electron chi connectivity index (χ0n) is 16.6. The lowest BCUT2D eigenvalue weighted by atomic mass is 10.0. The van der Waals surface area contributed by atoms with Crippen molar-refractivity contribution in [2.24, 2.45) is 5.92 Å². The number of amides is 4. The van der Waals surface area contributed by atoms with Crippen molar-refractivity contribution in [1.29, 1.82) is 0 Å². The van der Waals surface area contributed by atoms with Crippen LogP contribution >= 0.6 is 11.3 Å². The fourth-order valence-electron chi connectivity index (χ4n) is 3.72. The Kier molecular flexibility index (Phi) is 4.93. The molecule has 3 aliphatic rings. The van der Waals surface area contributed by atoms with Gasteiger partial charge in [-0.05, 0) is 30.0 Å². The third-order valence-corrected chi connectivity index (χ3v) is 6.28. The van der Waals surface area contributed by atoms with E-state index in [1.807, 2.05) is 0 Å². The summed E-state index contributed by atoms with van der Waals surface area (Å²) in [4.78, 5) is 54.8. The second-order valence-electron chi connectivity index (χ2n) is 7.73. The number of aromatic carboxylic acids is 1. The summed E-state index contributed by atoms with van der Waals surface area (Å²) in [7, 11) is 0. The second-order valence-corrected chi connectivity index (χ2v) is 8.59. The van der Waals surface area contributed by atoms with Crippen LogP contribution in [-0.4, -0.2) is 51.6 Å². The van der Waals surface area contributed by atoms with Crippen molar-refractivity contribution in [3.05, 3.63) is 34.8 Å². The predicted octanol–water partition coefficient (Wildman–Crippen LogP) is 1.97. The number of hydrogen-bond donors (Lipinski definition) is 3. The molecule has 3 heterocycles. The Balaban J connectivity index is 1.37. The number of rotatable bonds is 7. The molecule has 11 nitrogen and oxygen atoms in total. The molecule has 1 saturated carbocycles. The Bertz CT molecular complexity index is 1130. The molecule has 1 aliphatic carbocycles. The van der Waals surface area contributed by atoms with E-state index >= 15 is 0 Å². The van der Waals surface area contributed by atoms with Crippen LogP contribution in [0.5, 0.6) is 11.5 Å². The zero-order chi connectivity index (χ0) is 22.4. The smallest absolute Gasteiger partial charge is 0.355 e. The number of anilines is 1. The standard InChI is InChI=1S/C20H18N4O7S/c25-16(23-19-21-11(7-32-19)18(27)28)12(5-9-1-2-9)24-17(26)15(22-20(24)29)10-3-4-13-14(6-10)31-8-30-13/h3-4,6-7,9,12,15H,1-2,5,8H2,(H,22,29)(H,27,28)(H,21,23,25)/t12-,15?/m0/s1. The fourth-order valence-corrected chi connectivity index (χ4v) is 4.41. The fraction of sp³-hybridized carbons (Fsp3) is 0.350. The van der Waals surface area contributed by atoms with Gasteiger partial charge in [0.1, 0.15) is 12.1 Å². The number of aromatic nitrogens is 1. The molecule has 166 valence electrons. The molecule has 2 fully saturated rings. The molecule has 0 spiro atoms. The molecule has 2 aromatic rings. The molecule has 0 bridgehead atoms. The van der Waals surface area contributed by atoms with Crippen molar-refractivity contribution in [3.63, 3.8) is 0 Å². The molecule has 2 aliphatic heterocycles. The number of carbonyl (C=O) groups is 4. The van der Waals surface area contributed by atoms with Gasteiger partial charge in [-0.25, -0.2) is 19.5 Å². The van der Waals surface area contributed by atoms with Crippen LogP contribution in [0, 0.1) is 5.92 Å². The summed E-state index contributed by atoms with van der Waals surface area (Å²) < 4.78 is 10.6. The highest BCUT2D eigenvalue weighted by Gasteiger charge is 2.47. The number of nitrogens with one attached hydrogen (secondary N) is 2. The van der Waals surface area contributed by atoms with Gasteiger partial charge in [0.15, 0.2) is 22.3 Å². The first kappa shape index (κ1) is 20.2. The van der Waals surface area contributed by atoms with Gasteiger partial charge < -0.3 is 25.2 Å². The lowest BCUT2D eigenvalue weighted by Crippen LogP contribution is -2.48. The van der Waals surface area contributed by atoms with Crippen molar-refractivity contribution in [3.8, 4) is 11.5 Å². The van der Waals surface area contributed by atoms with Crippen LogP contribution in [0.2, 0.25) is 0 Å². The van der Waals surface area contributed by atoms with Gasteiger partial charge in [-0.2, -0.15) is 0 Å². The number of fused-ring (bicyclic) bond motifs is 1. The average Bonchev–Trinajstić information content (AvgIpc) is 3.14. The molecule has 2 atom stereocenters. The summed E-state index contributed by atoms with van der Waals surface area (Å²) in [5.41, 5.74) is 0.327. The quantitative estimate of drug-likeness (QED) is 0.534. The van der Waals surface area contributed by atoms with Crippen LogP contribution in [0.25, 0.3) is 0 Å². The number of nitrogens with zero attached hydrogens (tertiary/aromatic N) is 2. The summed E-state index contributed by atoms with van der Waals surface area (Å²) in [6, 6.07) is 2.31. The summed E-state index contributed by atoms with van der Waals surface area (Å²) in [6.45, 7) is 0.0832. The van der Waals surface area contributed by atoms with Crippen LogP contribution in [0.1, 0.15) is 41.4 Å². The maximum absolute atomic E-state index is 13.2. The summed E-state index contributed by atoms with van der Waals surface area (Å²) in [6.07, 6.45) is 2.16. The topological polar surface area (TPSA) is 147 Å². The zero-order valence-corrected chi connectivity index (χ0v) is 17.4. The van der Waals surface area contributed by atoms with Gasteiger partial charge in [-0.15, -0.1) is 11.3 Å². The number of hydrogen-bond acceptors (Lipinski definition) is 8. The maximum atomic E-state index is 13.2. The van der Waals surface area contributed by atoms with Crippen LogP contribution in [0.15, 0.2) is 23.6 Å². The van der Waals surface area contributed by atoms with E-state index in [2.05, 4.69) is 15.6 Å². The molecule has 1 aromatic carbocycles. The average molecular weight is 458 g/mol. The van der Waals surface area contributed by atoms with Crippen LogP contribution in [0.4, 0.5) is 9.93 Å². The number of carbonyl (C=O) groups excluding carboxylic acids is 3. The molecule has 5 rings (SSSR count). The molecule has 1 saturated heterocycles. The highest BCUT2D eigenvalue weighted by atomic mass is 32.1. The van der Waals surface area contributed by atoms with E-state index in [9.17, 15) is 19.2 Å². The maximum Gasteiger partial charge on any atom is 0.355 e. The van der Waals surface area contributed by atoms with Crippen LogP contribution in [-0.2, 0) is 9.59 Å². The predicted molar refractivity (Wildman–Crippen MR) is 110 cm³/mol. The van der Waals surface area contributed by atoms with Crippen molar-refractivity contribution in [2.45, 2.75) is 31.3 Å². The third-order valence-electron chi connectivity index (χ3n) is 5.52. The Labute approximate surface area is 185 Å². The molecule has 0 radical (unpaired) electrons. The van der Waals surface area contributed by atoms with Gasteiger partial charge >= 0.3 is 12.0 Å². The molecule has 1 unspecified atom stereocenters. The number of urea groups is 1. The largest absolute Gasteiger partial charge is 0.476 e. The van der Waals surface area contributed by atoms with E-state index < -0.39 is 35.9 Å². The van der Waals surface area contributed by atoms with E-state index in [1.54, 1.807) is 18.2 Å². The van der Waals surface area contributed by atoms with E-state index in [4.69, 9.17) is 14.6 Å². The van der Waals surface area contributed by atoms with E-state index in [1.165, 1.54) is 5.38 Å². The number of benzene rings is 1. The Hall–Kier alpha value is -3.67. The summed E-state index contributed by atoms with van der Waals surface area (Å²) >= 11 is 0.957. The van der Waals surface area contributed by atoms with E-state index in [-0.39, 0.29) is 23.5 Å². The lowest BCUT2D eigenvalue weighted by molar-refractivity contribution is -0.134. The monoisotopic (exact) mass is 458 g/mol. The SMILES string of the molecule is O=C(O)c1csc(NC(=O)[C@H](CC2CC2)N2C(=O)NC(c3ccc4c(c3)OCO4)C2=O)n1. The molecule has 1 aromatic heterocycles. The first-order valence-electron chi connectivity index (χ1n) is 9.93. The van der Waals surface area contributed by atoms with E-state index in [0.717, 1.165) is 29.1 Å². The number of ether oxygens (including phenoxy) is 2. The molecular formula is C20H18N4O7S. The highest BCUT2D eigenvalue weighted by molar-refractivity contribution is 7.14. The van der Waals surface area contributed by atoms with Crippen LogP contribution < -0.4 is 20.1 Å². The van der Waals surface area contributed by atoms with Crippen molar-refractivity contribution >= 4 is 40.3 Å². The summed E-state index contributed by atoms with van der Waals surface area (Å²) in [5.74, 6) is -1.07. The van der Waals surface area contributed by atoms with E-state index in [0.29, 0.717) is 23.5 Å².